The molecule has 1 aliphatic rings. The van der Waals surface area contributed by atoms with Crippen LogP contribution < -0.4 is 11.4 Å². The van der Waals surface area contributed by atoms with Crippen molar-refractivity contribution >= 4 is 39.3 Å². The van der Waals surface area contributed by atoms with Gasteiger partial charge in [0.25, 0.3) is 5.56 Å². The number of nitrogens with two attached hydrogens (primary N) is 1. The van der Waals surface area contributed by atoms with Crippen LogP contribution in [0.25, 0.3) is 21.3 Å². The molecule has 0 aliphatic carbocycles. The number of nitrogen functional groups attached to an aromatic ring is 1. The van der Waals surface area contributed by atoms with Gasteiger partial charge in [-0.3, -0.25) is 9.59 Å². The summed E-state index contributed by atoms with van der Waals surface area (Å²) in [6, 6.07) is 9.66. The number of fused-ring (bicyclic) bond motifs is 1. The molecular formula is C17H15N3O3S2. The molecule has 0 bridgehead atoms. The van der Waals surface area contributed by atoms with Crippen LogP contribution >= 0.6 is 23.1 Å². The summed E-state index contributed by atoms with van der Waals surface area (Å²) in [6.07, 6.45) is 0.454. The molecule has 1 fully saturated rings. The molecule has 0 radical (unpaired) electrons. The third-order valence-corrected chi connectivity index (χ3v) is 6.11. The molecule has 0 amide bonds. The number of carbonyl (C=O) groups excluding carboxylic acids is 1. The fourth-order valence-electron chi connectivity index (χ4n) is 2.84. The molecule has 2 N–H and O–H groups in total. The lowest BCUT2D eigenvalue weighted by Gasteiger charge is -2.09. The number of rotatable bonds is 3. The van der Waals surface area contributed by atoms with E-state index >= 15 is 0 Å². The van der Waals surface area contributed by atoms with Crippen molar-refractivity contribution in [2.75, 3.05) is 5.84 Å². The molecule has 6 nitrogen and oxygen atoms in total. The maximum atomic E-state index is 12.8. The Balaban J connectivity index is 1.78. The SMILES string of the molecule is C[C@H]1C[C@H](Sc2nc3scc(-c4ccccc4)c3c(=O)n2N)C(=O)O1. The van der Waals surface area contributed by atoms with Gasteiger partial charge < -0.3 is 10.6 Å². The van der Waals surface area contributed by atoms with E-state index in [1.165, 1.54) is 23.1 Å². The van der Waals surface area contributed by atoms with E-state index in [1.54, 1.807) is 0 Å². The Morgan fingerprint density at radius 1 is 1.32 bits per heavy atom. The average molecular weight is 373 g/mol. The van der Waals surface area contributed by atoms with E-state index < -0.39 is 0 Å². The minimum absolute atomic E-state index is 0.127. The van der Waals surface area contributed by atoms with Crippen LogP contribution in [0, 0.1) is 0 Å². The van der Waals surface area contributed by atoms with Crippen LogP contribution in [0.3, 0.4) is 0 Å². The first-order valence-electron chi connectivity index (χ1n) is 7.76. The predicted molar refractivity (Wildman–Crippen MR) is 99.3 cm³/mol. The van der Waals surface area contributed by atoms with Crippen LogP contribution in [0.15, 0.2) is 45.7 Å². The molecule has 8 heteroatoms. The summed E-state index contributed by atoms with van der Waals surface area (Å²) in [7, 11) is 0. The number of thiophene rings is 1. The normalized spacial score (nSPS) is 20.1. The number of benzene rings is 1. The number of cyclic esters (lactones) is 1. The number of ether oxygens (including phenoxy) is 1. The van der Waals surface area contributed by atoms with Crippen LogP contribution in [0.2, 0.25) is 0 Å². The van der Waals surface area contributed by atoms with E-state index in [4.69, 9.17) is 10.6 Å². The van der Waals surface area contributed by atoms with E-state index in [0.29, 0.717) is 21.8 Å². The summed E-state index contributed by atoms with van der Waals surface area (Å²) in [5, 5.41) is 2.36. The summed E-state index contributed by atoms with van der Waals surface area (Å²) >= 11 is 2.58. The van der Waals surface area contributed by atoms with Crippen LogP contribution in [0.4, 0.5) is 0 Å². The Labute approximate surface area is 151 Å². The second-order valence-corrected chi connectivity index (χ2v) is 7.88. The van der Waals surface area contributed by atoms with Gasteiger partial charge in [0.1, 0.15) is 16.2 Å². The quantitative estimate of drug-likeness (QED) is 0.431. The van der Waals surface area contributed by atoms with Crippen LogP contribution in [-0.4, -0.2) is 27.0 Å². The summed E-state index contributed by atoms with van der Waals surface area (Å²) in [4.78, 5) is 29.8. The first-order chi connectivity index (χ1) is 12.0. The topological polar surface area (TPSA) is 87.2 Å². The Morgan fingerprint density at radius 3 is 2.76 bits per heavy atom. The van der Waals surface area contributed by atoms with Gasteiger partial charge in [-0.05, 0) is 12.5 Å². The van der Waals surface area contributed by atoms with Gasteiger partial charge in [0.2, 0.25) is 0 Å². The molecule has 2 aromatic heterocycles. The van der Waals surface area contributed by atoms with Gasteiger partial charge in [-0.25, -0.2) is 9.66 Å². The number of thioether (sulfide) groups is 1. The summed E-state index contributed by atoms with van der Waals surface area (Å²) in [5.41, 5.74) is 1.45. The highest BCUT2D eigenvalue weighted by atomic mass is 32.2. The minimum Gasteiger partial charge on any atom is -0.462 e. The number of nitrogens with zero attached hydrogens (tertiary/aromatic N) is 2. The molecule has 1 aliphatic heterocycles. The van der Waals surface area contributed by atoms with Gasteiger partial charge in [-0.2, -0.15) is 0 Å². The third-order valence-electron chi connectivity index (χ3n) is 4.07. The number of aromatic nitrogens is 2. The molecule has 128 valence electrons. The summed E-state index contributed by atoms with van der Waals surface area (Å²) in [6.45, 7) is 1.84. The maximum Gasteiger partial charge on any atom is 0.319 e. The van der Waals surface area contributed by atoms with Gasteiger partial charge in [0.15, 0.2) is 5.16 Å². The van der Waals surface area contributed by atoms with Crippen molar-refractivity contribution in [3.05, 3.63) is 46.1 Å². The monoisotopic (exact) mass is 373 g/mol. The molecule has 25 heavy (non-hydrogen) atoms. The van der Waals surface area contributed by atoms with Crippen LogP contribution in [0.5, 0.6) is 0 Å². The van der Waals surface area contributed by atoms with E-state index in [0.717, 1.165) is 15.8 Å². The molecule has 0 spiro atoms. The number of hydrogen-bond donors (Lipinski definition) is 1. The summed E-state index contributed by atoms with van der Waals surface area (Å²) in [5.74, 6) is 5.70. The van der Waals surface area contributed by atoms with E-state index in [1.807, 2.05) is 42.6 Å². The lowest BCUT2D eigenvalue weighted by molar-refractivity contribution is -0.140. The maximum absolute atomic E-state index is 12.8. The zero-order valence-electron chi connectivity index (χ0n) is 13.3. The number of esters is 1. The molecule has 0 unspecified atom stereocenters. The van der Waals surface area contributed by atoms with Gasteiger partial charge in [0, 0.05) is 17.4 Å². The van der Waals surface area contributed by atoms with Crippen molar-refractivity contribution < 1.29 is 9.53 Å². The molecule has 1 aromatic carbocycles. The van der Waals surface area contributed by atoms with Gasteiger partial charge in [0.05, 0.1) is 5.39 Å². The van der Waals surface area contributed by atoms with Crippen molar-refractivity contribution in [2.24, 2.45) is 0 Å². The highest BCUT2D eigenvalue weighted by Gasteiger charge is 2.34. The highest BCUT2D eigenvalue weighted by Crippen LogP contribution is 2.34. The first-order valence-corrected chi connectivity index (χ1v) is 9.52. The largest absolute Gasteiger partial charge is 0.462 e. The molecule has 0 saturated carbocycles. The van der Waals surface area contributed by atoms with E-state index in [-0.39, 0.29) is 22.9 Å². The lowest BCUT2D eigenvalue weighted by atomic mass is 10.1. The fraction of sp³-hybridized carbons (Fsp3) is 0.235. The Bertz CT molecular complexity index is 1010. The number of carbonyl (C=O) groups is 1. The zero-order valence-corrected chi connectivity index (χ0v) is 15.0. The second-order valence-electron chi connectivity index (χ2n) is 5.85. The third kappa shape index (κ3) is 2.81. The molecule has 4 rings (SSSR count). The predicted octanol–water partition coefficient (Wildman–Crippen LogP) is 2.63. The molecule has 2 atom stereocenters. The summed E-state index contributed by atoms with van der Waals surface area (Å²) < 4.78 is 6.18. The van der Waals surface area contributed by atoms with Crippen LogP contribution in [-0.2, 0) is 9.53 Å². The van der Waals surface area contributed by atoms with Crippen molar-refractivity contribution in [3.8, 4) is 11.1 Å². The molecule has 3 aromatic rings. The van der Waals surface area contributed by atoms with Crippen molar-refractivity contribution in [1.29, 1.82) is 0 Å². The Morgan fingerprint density at radius 2 is 2.08 bits per heavy atom. The van der Waals surface area contributed by atoms with Gasteiger partial charge in [-0.15, -0.1) is 11.3 Å². The van der Waals surface area contributed by atoms with Crippen molar-refractivity contribution in [3.63, 3.8) is 0 Å². The molecule has 1 saturated heterocycles. The fourth-order valence-corrected chi connectivity index (χ4v) is 4.95. The van der Waals surface area contributed by atoms with Crippen molar-refractivity contribution in [2.45, 2.75) is 29.9 Å². The smallest absolute Gasteiger partial charge is 0.319 e. The minimum atomic E-state index is -0.386. The standard InChI is InChI=1S/C17H15N3O3S2/c1-9-7-12(16(22)23-9)25-17-19-14-13(15(21)20(17)18)11(8-24-14)10-5-3-2-4-6-10/h2-6,8-9,12H,7,18H2,1H3/t9-,12-/m0/s1. The van der Waals surface area contributed by atoms with E-state index in [2.05, 4.69) is 4.98 Å². The van der Waals surface area contributed by atoms with Crippen LogP contribution in [0.1, 0.15) is 13.3 Å². The van der Waals surface area contributed by atoms with Gasteiger partial charge in [-0.1, -0.05) is 42.1 Å². The van der Waals surface area contributed by atoms with E-state index in [9.17, 15) is 9.59 Å². The first kappa shape index (κ1) is 16.2. The second kappa shape index (κ2) is 6.20. The number of hydrogen-bond acceptors (Lipinski definition) is 7. The molecular weight excluding hydrogens is 358 g/mol. The van der Waals surface area contributed by atoms with Gasteiger partial charge >= 0.3 is 5.97 Å². The highest BCUT2D eigenvalue weighted by molar-refractivity contribution is 8.00. The molecule has 3 heterocycles. The Kier molecular flexibility index (Phi) is 4.01. The lowest BCUT2D eigenvalue weighted by Crippen LogP contribution is -2.30. The zero-order chi connectivity index (χ0) is 17.6. The Hall–Kier alpha value is -2.32. The van der Waals surface area contributed by atoms with Crippen molar-refractivity contribution in [1.82, 2.24) is 9.66 Å². The average Bonchev–Trinajstić information content (AvgIpc) is 3.16.